The largest absolute Gasteiger partial charge is 0.461 e. The SMILES string of the molecule is Cc1cc2c(CN)c3c(C)cc(=O)oc3c(C)c2o1. The van der Waals surface area contributed by atoms with E-state index in [4.69, 9.17) is 14.6 Å². The molecule has 4 heteroatoms. The van der Waals surface area contributed by atoms with Gasteiger partial charge in [-0.25, -0.2) is 4.79 Å². The Labute approximate surface area is 109 Å². The van der Waals surface area contributed by atoms with Crippen LogP contribution in [0.4, 0.5) is 0 Å². The Balaban J connectivity index is 2.69. The lowest BCUT2D eigenvalue weighted by Gasteiger charge is -2.10. The third-order valence-corrected chi connectivity index (χ3v) is 3.53. The number of furan rings is 1. The first kappa shape index (κ1) is 12.0. The fourth-order valence-corrected chi connectivity index (χ4v) is 2.71. The van der Waals surface area contributed by atoms with Gasteiger partial charge in [-0.2, -0.15) is 0 Å². The zero-order valence-electron chi connectivity index (χ0n) is 11.2. The molecule has 0 amide bonds. The quantitative estimate of drug-likeness (QED) is 0.680. The Morgan fingerprint density at radius 2 is 1.84 bits per heavy atom. The van der Waals surface area contributed by atoms with E-state index in [1.807, 2.05) is 26.8 Å². The van der Waals surface area contributed by atoms with Crippen LogP contribution in [0.3, 0.4) is 0 Å². The molecule has 1 aromatic carbocycles. The first-order valence-corrected chi connectivity index (χ1v) is 6.19. The second kappa shape index (κ2) is 3.96. The van der Waals surface area contributed by atoms with Crippen molar-refractivity contribution in [1.29, 1.82) is 0 Å². The predicted molar refractivity (Wildman–Crippen MR) is 74.4 cm³/mol. The fourth-order valence-electron chi connectivity index (χ4n) is 2.71. The van der Waals surface area contributed by atoms with Gasteiger partial charge in [-0.05, 0) is 38.0 Å². The van der Waals surface area contributed by atoms with Crippen LogP contribution in [0.1, 0.15) is 22.5 Å². The van der Waals surface area contributed by atoms with Crippen molar-refractivity contribution in [2.75, 3.05) is 0 Å². The van der Waals surface area contributed by atoms with Gasteiger partial charge in [0.05, 0.1) is 0 Å². The summed E-state index contributed by atoms with van der Waals surface area (Å²) in [5.41, 5.74) is 9.56. The maximum atomic E-state index is 11.6. The highest BCUT2D eigenvalue weighted by Crippen LogP contribution is 2.35. The minimum atomic E-state index is -0.348. The monoisotopic (exact) mass is 257 g/mol. The van der Waals surface area contributed by atoms with E-state index < -0.39 is 0 Å². The Morgan fingerprint density at radius 1 is 1.11 bits per heavy atom. The van der Waals surface area contributed by atoms with Crippen molar-refractivity contribution in [2.45, 2.75) is 27.3 Å². The molecule has 0 aliphatic heterocycles. The minimum absolute atomic E-state index is 0.348. The molecule has 3 rings (SSSR count). The van der Waals surface area contributed by atoms with E-state index in [-0.39, 0.29) is 5.63 Å². The number of benzene rings is 1. The average Bonchev–Trinajstić information content (AvgIpc) is 2.73. The standard InChI is InChI=1S/C15H15NO3/c1-7-4-12(17)19-15-9(3)14-10(5-8(2)18-14)11(6-16)13(7)15/h4-5H,6,16H2,1-3H3. The van der Waals surface area contributed by atoms with Crippen molar-refractivity contribution in [3.8, 4) is 0 Å². The minimum Gasteiger partial charge on any atom is -0.461 e. The first-order valence-electron chi connectivity index (χ1n) is 6.19. The Kier molecular flexibility index (Phi) is 2.50. The van der Waals surface area contributed by atoms with E-state index in [1.165, 1.54) is 6.07 Å². The van der Waals surface area contributed by atoms with Crippen molar-refractivity contribution < 1.29 is 8.83 Å². The van der Waals surface area contributed by atoms with Crippen LogP contribution in [0.5, 0.6) is 0 Å². The van der Waals surface area contributed by atoms with Crippen molar-refractivity contribution in [3.05, 3.63) is 45.0 Å². The topological polar surface area (TPSA) is 69.4 Å². The van der Waals surface area contributed by atoms with Crippen molar-refractivity contribution >= 4 is 21.9 Å². The molecule has 98 valence electrons. The van der Waals surface area contributed by atoms with Crippen molar-refractivity contribution in [2.24, 2.45) is 5.73 Å². The van der Waals surface area contributed by atoms with E-state index in [0.717, 1.165) is 38.8 Å². The first-order chi connectivity index (χ1) is 9.02. The smallest absolute Gasteiger partial charge is 0.336 e. The van der Waals surface area contributed by atoms with Crippen LogP contribution in [-0.2, 0) is 6.54 Å². The fraction of sp³-hybridized carbons (Fsp3) is 0.267. The molecular formula is C15H15NO3. The predicted octanol–water partition coefficient (Wildman–Crippen LogP) is 2.92. The van der Waals surface area contributed by atoms with Gasteiger partial charge in [-0.3, -0.25) is 0 Å². The molecular weight excluding hydrogens is 242 g/mol. The van der Waals surface area contributed by atoms with Crippen molar-refractivity contribution in [3.63, 3.8) is 0 Å². The molecule has 0 saturated heterocycles. The summed E-state index contributed by atoms with van der Waals surface area (Å²) < 4.78 is 11.1. The molecule has 0 saturated carbocycles. The molecule has 0 atom stereocenters. The summed E-state index contributed by atoms with van der Waals surface area (Å²) >= 11 is 0. The van der Waals surface area contributed by atoms with Gasteiger partial charge >= 0.3 is 5.63 Å². The number of aryl methyl sites for hydroxylation is 3. The lowest BCUT2D eigenvalue weighted by Crippen LogP contribution is -2.04. The number of hydrogen-bond donors (Lipinski definition) is 1. The third-order valence-electron chi connectivity index (χ3n) is 3.53. The summed E-state index contributed by atoms with van der Waals surface area (Å²) in [4.78, 5) is 11.6. The van der Waals surface area contributed by atoms with Crippen molar-refractivity contribution in [1.82, 2.24) is 0 Å². The molecule has 0 aliphatic rings. The molecule has 2 aromatic heterocycles. The summed E-state index contributed by atoms with van der Waals surface area (Å²) in [6.45, 7) is 6.07. The third kappa shape index (κ3) is 1.60. The normalized spacial score (nSPS) is 11.6. The van der Waals surface area contributed by atoms with Gasteiger partial charge < -0.3 is 14.6 Å². The van der Waals surface area contributed by atoms with Gasteiger partial charge in [0.25, 0.3) is 0 Å². The van der Waals surface area contributed by atoms with E-state index in [9.17, 15) is 4.79 Å². The average molecular weight is 257 g/mol. The lowest BCUT2D eigenvalue weighted by atomic mass is 9.98. The van der Waals surface area contributed by atoms with Gasteiger partial charge in [0, 0.05) is 28.9 Å². The summed E-state index contributed by atoms with van der Waals surface area (Å²) in [7, 11) is 0. The molecule has 0 fully saturated rings. The molecule has 0 aliphatic carbocycles. The maximum absolute atomic E-state index is 11.6. The number of hydrogen-bond acceptors (Lipinski definition) is 4. The summed E-state index contributed by atoms with van der Waals surface area (Å²) in [5, 5.41) is 1.93. The molecule has 3 aromatic rings. The zero-order chi connectivity index (χ0) is 13.7. The Morgan fingerprint density at radius 3 is 2.53 bits per heavy atom. The van der Waals surface area contributed by atoms with Crippen LogP contribution in [0, 0.1) is 20.8 Å². The summed E-state index contributed by atoms with van der Waals surface area (Å²) in [6.07, 6.45) is 0. The molecule has 0 unspecified atom stereocenters. The van der Waals surface area contributed by atoms with Crippen LogP contribution in [0.15, 0.2) is 25.8 Å². The zero-order valence-corrected chi connectivity index (χ0v) is 11.2. The van der Waals surface area contributed by atoms with E-state index in [0.29, 0.717) is 12.1 Å². The van der Waals surface area contributed by atoms with E-state index in [1.54, 1.807) is 0 Å². The number of nitrogens with two attached hydrogens (primary N) is 1. The molecule has 0 bridgehead atoms. The second-order valence-corrected chi connectivity index (χ2v) is 4.86. The molecule has 2 N–H and O–H groups in total. The van der Waals surface area contributed by atoms with Crippen LogP contribution in [0.2, 0.25) is 0 Å². The highest BCUT2D eigenvalue weighted by molar-refractivity contribution is 6.02. The second-order valence-electron chi connectivity index (χ2n) is 4.86. The van der Waals surface area contributed by atoms with Crippen LogP contribution in [-0.4, -0.2) is 0 Å². The molecule has 0 radical (unpaired) electrons. The summed E-state index contributed by atoms with van der Waals surface area (Å²) in [6, 6.07) is 3.48. The van der Waals surface area contributed by atoms with Crippen LogP contribution in [0.25, 0.3) is 21.9 Å². The highest BCUT2D eigenvalue weighted by atomic mass is 16.4. The molecule has 0 spiro atoms. The molecule has 2 heterocycles. The van der Waals surface area contributed by atoms with Gasteiger partial charge in [0.1, 0.15) is 16.9 Å². The molecule has 4 nitrogen and oxygen atoms in total. The van der Waals surface area contributed by atoms with E-state index in [2.05, 4.69) is 0 Å². The Bertz CT molecular complexity index is 855. The number of fused-ring (bicyclic) bond motifs is 2. The van der Waals surface area contributed by atoms with Gasteiger partial charge in [0.2, 0.25) is 0 Å². The lowest BCUT2D eigenvalue weighted by molar-refractivity contribution is 0.551. The maximum Gasteiger partial charge on any atom is 0.336 e. The van der Waals surface area contributed by atoms with Crippen LogP contribution < -0.4 is 11.4 Å². The molecule has 19 heavy (non-hydrogen) atoms. The van der Waals surface area contributed by atoms with E-state index >= 15 is 0 Å². The summed E-state index contributed by atoms with van der Waals surface area (Å²) in [5.74, 6) is 0.822. The van der Waals surface area contributed by atoms with Gasteiger partial charge in [-0.1, -0.05) is 0 Å². The Hall–Kier alpha value is -2.07. The van der Waals surface area contributed by atoms with Gasteiger partial charge in [-0.15, -0.1) is 0 Å². The van der Waals surface area contributed by atoms with Gasteiger partial charge in [0.15, 0.2) is 0 Å². The number of rotatable bonds is 1. The van der Waals surface area contributed by atoms with Crippen LogP contribution >= 0.6 is 0 Å². The highest BCUT2D eigenvalue weighted by Gasteiger charge is 2.17.